The third-order valence-corrected chi connectivity index (χ3v) is 4.88. The standard InChI is InChI=1S/C16H22N6/c1-12-4-3-5-13(19-12)7-21-8-14-6-15(9-21)22(14)10-16-17-11-18-20(16)2/h3-5,11,14-15H,6-10H2,1-2H3. The summed E-state index contributed by atoms with van der Waals surface area (Å²) in [5.41, 5.74) is 2.28. The summed E-state index contributed by atoms with van der Waals surface area (Å²) in [6, 6.07) is 7.59. The highest BCUT2D eigenvalue weighted by Gasteiger charge is 2.44. The molecule has 0 radical (unpaired) electrons. The lowest BCUT2D eigenvalue weighted by molar-refractivity contribution is -0.0795. The van der Waals surface area contributed by atoms with Crippen LogP contribution in [0.15, 0.2) is 24.5 Å². The Bertz CT molecular complexity index is 654. The van der Waals surface area contributed by atoms with E-state index in [-0.39, 0.29) is 0 Å². The van der Waals surface area contributed by atoms with Crippen LogP contribution < -0.4 is 0 Å². The highest BCUT2D eigenvalue weighted by atomic mass is 15.4. The number of piperidine rings is 1. The lowest BCUT2D eigenvalue weighted by atomic mass is 9.87. The SMILES string of the molecule is Cc1cccc(CN2CC3CC(C2)N3Cc2ncnn2C)n1. The summed E-state index contributed by atoms with van der Waals surface area (Å²) in [6.45, 7) is 6.20. The normalized spacial score (nSPS) is 25.2. The fourth-order valence-corrected chi connectivity index (χ4v) is 3.70. The third-order valence-electron chi connectivity index (χ3n) is 4.88. The van der Waals surface area contributed by atoms with Gasteiger partial charge in [0.05, 0.1) is 12.2 Å². The summed E-state index contributed by atoms with van der Waals surface area (Å²) in [5, 5.41) is 4.16. The zero-order valence-electron chi connectivity index (χ0n) is 13.2. The van der Waals surface area contributed by atoms with E-state index in [0.29, 0.717) is 12.1 Å². The number of pyridine rings is 1. The van der Waals surface area contributed by atoms with E-state index in [0.717, 1.165) is 37.7 Å². The molecule has 2 bridgehead atoms. The lowest BCUT2D eigenvalue weighted by Crippen LogP contribution is -2.67. The number of hydrogen-bond acceptors (Lipinski definition) is 5. The summed E-state index contributed by atoms with van der Waals surface area (Å²) in [4.78, 5) is 14.1. The van der Waals surface area contributed by atoms with Crippen molar-refractivity contribution in [3.63, 3.8) is 0 Å². The van der Waals surface area contributed by atoms with E-state index in [1.54, 1.807) is 6.33 Å². The van der Waals surface area contributed by atoms with Crippen LogP contribution in [0.25, 0.3) is 0 Å². The van der Waals surface area contributed by atoms with Crippen molar-refractivity contribution >= 4 is 0 Å². The maximum absolute atomic E-state index is 4.62. The van der Waals surface area contributed by atoms with Crippen LogP contribution in [0.2, 0.25) is 0 Å². The van der Waals surface area contributed by atoms with Crippen molar-refractivity contribution in [3.05, 3.63) is 41.7 Å². The maximum atomic E-state index is 4.62. The van der Waals surface area contributed by atoms with Crippen molar-refractivity contribution in [2.45, 2.75) is 38.5 Å². The Hall–Kier alpha value is -1.79. The Balaban J connectivity index is 1.37. The van der Waals surface area contributed by atoms with Gasteiger partial charge in [0, 0.05) is 44.5 Å². The van der Waals surface area contributed by atoms with Crippen LogP contribution in [0.1, 0.15) is 23.6 Å². The third kappa shape index (κ3) is 2.53. The van der Waals surface area contributed by atoms with Crippen molar-refractivity contribution in [1.29, 1.82) is 0 Å². The Morgan fingerprint density at radius 1 is 1.18 bits per heavy atom. The van der Waals surface area contributed by atoms with Crippen molar-refractivity contribution in [3.8, 4) is 0 Å². The molecule has 3 aliphatic rings. The first-order valence-electron chi connectivity index (χ1n) is 7.92. The molecule has 2 aromatic heterocycles. The minimum atomic E-state index is 0.653. The predicted molar refractivity (Wildman–Crippen MR) is 83.0 cm³/mol. The highest BCUT2D eigenvalue weighted by molar-refractivity contribution is 5.11. The van der Waals surface area contributed by atoms with Gasteiger partial charge in [0.25, 0.3) is 0 Å². The van der Waals surface area contributed by atoms with Gasteiger partial charge >= 0.3 is 0 Å². The minimum absolute atomic E-state index is 0.653. The Morgan fingerprint density at radius 2 is 2.00 bits per heavy atom. The van der Waals surface area contributed by atoms with E-state index in [1.807, 2.05) is 11.7 Å². The molecule has 0 amide bonds. The minimum Gasteiger partial charge on any atom is -0.294 e. The number of aryl methyl sites for hydroxylation is 2. The second-order valence-electron chi connectivity index (χ2n) is 6.48. The molecular formula is C16H22N6. The zero-order valence-corrected chi connectivity index (χ0v) is 13.2. The topological polar surface area (TPSA) is 50.1 Å². The number of piperazine rings is 1. The Morgan fingerprint density at radius 3 is 2.68 bits per heavy atom. The van der Waals surface area contributed by atoms with Gasteiger partial charge in [0.2, 0.25) is 0 Å². The smallest absolute Gasteiger partial charge is 0.140 e. The average molecular weight is 298 g/mol. The van der Waals surface area contributed by atoms with Crippen molar-refractivity contribution in [1.82, 2.24) is 29.5 Å². The summed E-state index contributed by atoms with van der Waals surface area (Å²) in [5.74, 6) is 1.06. The summed E-state index contributed by atoms with van der Waals surface area (Å²) >= 11 is 0. The van der Waals surface area contributed by atoms with E-state index >= 15 is 0 Å². The molecule has 22 heavy (non-hydrogen) atoms. The number of fused-ring (bicyclic) bond motifs is 2. The summed E-state index contributed by atoms with van der Waals surface area (Å²) < 4.78 is 1.88. The Labute approximate surface area is 130 Å². The van der Waals surface area contributed by atoms with E-state index in [1.165, 1.54) is 12.1 Å². The van der Waals surface area contributed by atoms with Crippen LogP contribution in [0.4, 0.5) is 0 Å². The van der Waals surface area contributed by atoms with Crippen molar-refractivity contribution < 1.29 is 0 Å². The number of nitrogens with zero attached hydrogens (tertiary/aromatic N) is 6. The first-order chi connectivity index (χ1) is 10.7. The van der Waals surface area contributed by atoms with Crippen molar-refractivity contribution in [2.24, 2.45) is 7.05 Å². The molecule has 116 valence electrons. The fourth-order valence-electron chi connectivity index (χ4n) is 3.70. The molecule has 2 aromatic rings. The van der Waals surface area contributed by atoms with Gasteiger partial charge in [0.15, 0.2) is 0 Å². The molecule has 6 heteroatoms. The molecule has 3 saturated heterocycles. The highest BCUT2D eigenvalue weighted by Crippen LogP contribution is 2.33. The number of rotatable bonds is 4. The fraction of sp³-hybridized carbons (Fsp3) is 0.562. The van der Waals surface area contributed by atoms with Crippen LogP contribution in [0.5, 0.6) is 0 Å². The van der Waals surface area contributed by atoms with Crippen LogP contribution in [-0.2, 0) is 20.1 Å². The molecule has 2 atom stereocenters. The lowest BCUT2D eigenvalue weighted by Gasteiger charge is -2.56. The monoisotopic (exact) mass is 298 g/mol. The number of hydrogen-bond donors (Lipinski definition) is 0. The van der Waals surface area contributed by atoms with E-state index < -0.39 is 0 Å². The molecule has 5 rings (SSSR count). The molecule has 0 aromatic carbocycles. The van der Waals surface area contributed by atoms with Gasteiger partial charge in [-0.1, -0.05) is 6.07 Å². The van der Waals surface area contributed by atoms with Crippen molar-refractivity contribution in [2.75, 3.05) is 13.1 Å². The quantitative estimate of drug-likeness (QED) is 0.842. The van der Waals surface area contributed by atoms with Crippen LogP contribution >= 0.6 is 0 Å². The predicted octanol–water partition coefficient (Wildman–Crippen LogP) is 0.977. The van der Waals surface area contributed by atoms with Gasteiger partial charge in [-0.15, -0.1) is 0 Å². The van der Waals surface area contributed by atoms with Gasteiger partial charge in [-0.05, 0) is 25.5 Å². The molecular weight excluding hydrogens is 276 g/mol. The van der Waals surface area contributed by atoms with Crippen LogP contribution in [0, 0.1) is 6.92 Å². The van der Waals surface area contributed by atoms with Gasteiger partial charge in [-0.25, -0.2) is 4.98 Å². The van der Waals surface area contributed by atoms with Crippen LogP contribution in [-0.4, -0.2) is 54.7 Å². The molecule has 2 unspecified atom stereocenters. The molecule has 0 aliphatic carbocycles. The van der Waals surface area contributed by atoms with Gasteiger partial charge < -0.3 is 0 Å². The van der Waals surface area contributed by atoms with Gasteiger partial charge in [-0.3, -0.25) is 19.5 Å². The number of aromatic nitrogens is 4. The van der Waals surface area contributed by atoms with E-state index in [4.69, 9.17) is 0 Å². The second-order valence-corrected chi connectivity index (χ2v) is 6.48. The molecule has 3 fully saturated rings. The first kappa shape index (κ1) is 13.8. The molecule has 0 spiro atoms. The van der Waals surface area contributed by atoms with Gasteiger partial charge in [0.1, 0.15) is 12.2 Å². The average Bonchev–Trinajstić information content (AvgIpc) is 2.90. The molecule has 6 nitrogen and oxygen atoms in total. The van der Waals surface area contributed by atoms with Crippen LogP contribution in [0.3, 0.4) is 0 Å². The summed E-state index contributed by atoms with van der Waals surface area (Å²) in [6.07, 6.45) is 2.95. The molecule has 5 heterocycles. The zero-order chi connectivity index (χ0) is 15.1. The second kappa shape index (κ2) is 5.44. The van der Waals surface area contributed by atoms with E-state index in [9.17, 15) is 0 Å². The molecule has 3 aliphatic heterocycles. The van der Waals surface area contributed by atoms with Gasteiger partial charge in [-0.2, -0.15) is 5.10 Å². The van der Waals surface area contributed by atoms with E-state index in [2.05, 4.69) is 50.0 Å². The molecule has 0 N–H and O–H groups in total. The molecule has 0 saturated carbocycles. The maximum Gasteiger partial charge on any atom is 0.140 e. The first-order valence-corrected chi connectivity index (χ1v) is 7.92. The summed E-state index contributed by atoms with van der Waals surface area (Å²) in [7, 11) is 1.97. The largest absolute Gasteiger partial charge is 0.294 e. The Kier molecular flexibility index (Phi) is 3.43.